The molecule has 8 heteroatoms. The molecule has 88 valence electrons. The molecule has 2 rings (SSSR count). The lowest BCUT2D eigenvalue weighted by Crippen LogP contribution is -2.07. The van der Waals surface area contributed by atoms with Gasteiger partial charge in [0.05, 0.1) is 16.0 Å². The van der Waals surface area contributed by atoms with Gasteiger partial charge in [0.15, 0.2) is 3.95 Å². The molecule has 0 atom stereocenters. The van der Waals surface area contributed by atoms with Gasteiger partial charge in [0.1, 0.15) is 0 Å². The summed E-state index contributed by atoms with van der Waals surface area (Å²) in [5, 5.41) is 21.4. The maximum Gasteiger partial charge on any atom is 0.269 e. The third-order valence-electron chi connectivity index (χ3n) is 2.00. The van der Waals surface area contributed by atoms with E-state index in [0.717, 1.165) is 0 Å². The number of hydrogen-bond donors (Lipinski definition) is 2. The molecule has 1 aromatic carbocycles. The first-order valence-corrected chi connectivity index (χ1v) is 5.78. The molecule has 0 aliphatic carbocycles. The van der Waals surface area contributed by atoms with Crippen molar-refractivity contribution in [1.82, 2.24) is 4.68 Å². The Morgan fingerprint density at radius 1 is 1.41 bits per heavy atom. The number of aromatic hydroxyl groups is 1. The van der Waals surface area contributed by atoms with Crippen molar-refractivity contribution in [3.05, 3.63) is 43.7 Å². The van der Waals surface area contributed by atoms with E-state index in [1.54, 1.807) is 0 Å². The standard InChI is InChI=1S/C9H7N3O3S2/c13-8-5-17-9(16)11(8)10-6-1-3-7(4-2-6)12(14)15/h1-5,10,13H. The largest absolute Gasteiger partial charge is 0.493 e. The number of nitro benzene ring substituents is 1. The Balaban J connectivity index is 2.25. The van der Waals surface area contributed by atoms with Gasteiger partial charge in [0.2, 0.25) is 5.88 Å². The fourth-order valence-electron chi connectivity index (χ4n) is 1.19. The van der Waals surface area contributed by atoms with Crippen molar-refractivity contribution in [1.29, 1.82) is 0 Å². The first kappa shape index (κ1) is 11.6. The molecule has 0 bridgehead atoms. The van der Waals surface area contributed by atoms with Crippen molar-refractivity contribution >= 4 is 34.9 Å². The number of nitrogens with zero attached hydrogens (tertiary/aromatic N) is 2. The topological polar surface area (TPSA) is 80.3 Å². The van der Waals surface area contributed by atoms with Crippen LogP contribution in [0.2, 0.25) is 0 Å². The van der Waals surface area contributed by atoms with Gasteiger partial charge < -0.3 is 5.11 Å². The lowest BCUT2D eigenvalue weighted by Gasteiger charge is -2.07. The van der Waals surface area contributed by atoms with Crippen LogP contribution in [-0.2, 0) is 0 Å². The van der Waals surface area contributed by atoms with E-state index >= 15 is 0 Å². The van der Waals surface area contributed by atoms with Gasteiger partial charge in [0, 0.05) is 12.1 Å². The second-order valence-corrected chi connectivity index (χ2v) is 4.61. The van der Waals surface area contributed by atoms with Crippen molar-refractivity contribution in [2.75, 3.05) is 5.43 Å². The van der Waals surface area contributed by atoms with Crippen molar-refractivity contribution in [2.24, 2.45) is 0 Å². The number of aromatic nitrogens is 1. The Hall–Kier alpha value is -1.93. The van der Waals surface area contributed by atoms with Gasteiger partial charge in [-0.3, -0.25) is 15.5 Å². The number of hydrogen-bond acceptors (Lipinski definition) is 6. The van der Waals surface area contributed by atoms with Gasteiger partial charge in [-0.15, -0.1) is 11.3 Å². The molecule has 2 aromatic rings. The molecular weight excluding hydrogens is 262 g/mol. The number of nitrogens with one attached hydrogen (secondary N) is 1. The van der Waals surface area contributed by atoms with E-state index < -0.39 is 4.92 Å². The lowest BCUT2D eigenvalue weighted by atomic mass is 10.3. The summed E-state index contributed by atoms with van der Waals surface area (Å²) in [6, 6.07) is 5.82. The maximum absolute atomic E-state index is 10.5. The van der Waals surface area contributed by atoms with Crippen molar-refractivity contribution in [3.8, 4) is 5.88 Å². The van der Waals surface area contributed by atoms with Crippen LogP contribution >= 0.6 is 23.6 Å². The normalized spacial score (nSPS) is 10.1. The van der Waals surface area contributed by atoms with E-state index in [9.17, 15) is 15.2 Å². The quantitative estimate of drug-likeness (QED) is 0.509. The van der Waals surface area contributed by atoms with Crippen LogP contribution in [0.5, 0.6) is 5.88 Å². The maximum atomic E-state index is 10.5. The molecule has 0 saturated heterocycles. The second-order valence-electron chi connectivity index (χ2n) is 3.11. The van der Waals surface area contributed by atoms with Crippen LogP contribution in [0, 0.1) is 14.1 Å². The van der Waals surface area contributed by atoms with Crippen molar-refractivity contribution < 1.29 is 10.0 Å². The number of anilines is 1. The summed E-state index contributed by atoms with van der Waals surface area (Å²) in [6.45, 7) is 0. The van der Waals surface area contributed by atoms with Crippen LogP contribution in [0.1, 0.15) is 0 Å². The zero-order valence-electron chi connectivity index (χ0n) is 8.36. The molecule has 0 amide bonds. The zero-order chi connectivity index (χ0) is 12.4. The number of rotatable bonds is 3. The molecule has 0 radical (unpaired) electrons. The average Bonchev–Trinajstić information content (AvgIpc) is 2.61. The summed E-state index contributed by atoms with van der Waals surface area (Å²) in [6.07, 6.45) is 0. The molecular formula is C9H7N3O3S2. The van der Waals surface area contributed by atoms with E-state index in [-0.39, 0.29) is 11.6 Å². The van der Waals surface area contributed by atoms with Crippen molar-refractivity contribution in [3.63, 3.8) is 0 Å². The monoisotopic (exact) mass is 269 g/mol. The van der Waals surface area contributed by atoms with Gasteiger partial charge in [-0.1, -0.05) is 0 Å². The summed E-state index contributed by atoms with van der Waals surface area (Å²) in [4.78, 5) is 9.99. The van der Waals surface area contributed by atoms with Gasteiger partial charge >= 0.3 is 0 Å². The van der Waals surface area contributed by atoms with E-state index in [1.807, 2.05) is 0 Å². The van der Waals surface area contributed by atoms with Gasteiger partial charge in [-0.25, -0.2) is 4.68 Å². The minimum atomic E-state index is -0.475. The molecule has 0 fully saturated rings. The predicted octanol–water partition coefficient (Wildman–Crippen LogP) is 2.77. The highest BCUT2D eigenvalue weighted by molar-refractivity contribution is 7.73. The van der Waals surface area contributed by atoms with E-state index in [1.165, 1.54) is 45.7 Å². The summed E-state index contributed by atoms with van der Waals surface area (Å²) in [5.74, 6) is -0.00153. The molecule has 0 saturated carbocycles. The van der Waals surface area contributed by atoms with Gasteiger partial charge in [-0.2, -0.15) is 0 Å². The zero-order valence-corrected chi connectivity index (χ0v) is 9.99. The third-order valence-corrected chi connectivity index (χ3v) is 3.18. The van der Waals surface area contributed by atoms with Gasteiger partial charge in [0.25, 0.3) is 5.69 Å². The summed E-state index contributed by atoms with van der Waals surface area (Å²) in [7, 11) is 0. The molecule has 0 aliphatic heterocycles. The molecule has 0 unspecified atom stereocenters. The Kier molecular flexibility index (Phi) is 3.07. The number of nitro groups is 1. The average molecular weight is 269 g/mol. The fraction of sp³-hybridized carbons (Fsp3) is 0. The highest BCUT2D eigenvalue weighted by atomic mass is 32.1. The number of benzene rings is 1. The lowest BCUT2D eigenvalue weighted by molar-refractivity contribution is -0.384. The third kappa shape index (κ3) is 2.43. The highest BCUT2D eigenvalue weighted by Crippen LogP contribution is 2.20. The summed E-state index contributed by atoms with van der Waals surface area (Å²) in [5.41, 5.74) is 3.44. The minimum absolute atomic E-state index is 0.00153. The minimum Gasteiger partial charge on any atom is -0.493 e. The molecule has 1 aromatic heterocycles. The van der Waals surface area contributed by atoms with Crippen LogP contribution in [0.15, 0.2) is 29.6 Å². The highest BCUT2D eigenvalue weighted by Gasteiger charge is 2.06. The van der Waals surface area contributed by atoms with Crippen LogP contribution in [-0.4, -0.2) is 14.7 Å². The molecule has 2 N–H and O–H groups in total. The van der Waals surface area contributed by atoms with Crippen LogP contribution in [0.25, 0.3) is 0 Å². The fourth-order valence-corrected chi connectivity index (χ4v) is 2.03. The first-order chi connectivity index (χ1) is 8.08. The van der Waals surface area contributed by atoms with Crippen LogP contribution < -0.4 is 5.43 Å². The summed E-state index contributed by atoms with van der Waals surface area (Å²) >= 11 is 6.21. The second kappa shape index (κ2) is 4.52. The van der Waals surface area contributed by atoms with E-state index in [0.29, 0.717) is 9.64 Å². The van der Waals surface area contributed by atoms with Gasteiger partial charge in [-0.05, 0) is 24.4 Å². The SMILES string of the molecule is O=[N+]([O-])c1ccc(Nn2c(O)csc2=S)cc1. The smallest absolute Gasteiger partial charge is 0.269 e. The van der Waals surface area contributed by atoms with Crippen LogP contribution in [0.3, 0.4) is 0 Å². The Labute approximate surface area is 105 Å². The first-order valence-electron chi connectivity index (χ1n) is 4.49. The van der Waals surface area contributed by atoms with E-state index in [4.69, 9.17) is 12.2 Å². The molecule has 0 spiro atoms. The molecule has 6 nitrogen and oxygen atoms in total. The Bertz CT molecular complexity index is 603. The van der Waals surface area contributed by atoms with Crippen molar-refractivity contribution in [2.45, 2.75) is 0 Å². The molecule has 17 heavy (non-hydrogen) atoms. The predicted molar refractivity (Wildman–Crippen MR) is 66.9 cm³/mol. The summed E-state index contributed by atoms with van der Waals surface area (Å²) < 4.78 is 1.78. The van der Waals surface area contributed by atoms with Crippen LogP contribution in [0.4, 0.5) is 11.4 Å². The number of non-ortho nitro benzene ring substituents is 1. The number of thiazole rings is 1. The molecule has 1 heterocycles. The molecule has 0 aliphatic rings. The Morgan fingerprint density at radius 3 is 2.53 bits per heavy atom. The Morgan fingerprint density at radius 2 is 2.06 bits per heavy atom. The van der Waals surface area contributed by atoms with E-state index in [2.05, 4.69) is 5.43 Å².